The molecule has 0 aromatic carbocycles. The summed E-state index contributed by atoms with van der Waals surface area (Å²) in [5.74, 6) is 0.283. The number of carbonyl (C=O) groups excluding carboxylic acids is 1. The van der Waals surface area contributed by atoms with Gasteiger partial charge in [0.15, 0.2) is 0 Å². The van der Waals surface area contributed by atoms with E-state index in [0.29, 0.717) is 41.2 Å². The van der Waals surface area contributed by atoms with Crippen LogP contribution in [0.5, 0.6) is 0 Å². The summed E-state index contributed by atoms with van der Waals surface area (Å²) in [4.78, 5) is 35.3. The summed E-state index contributed by atoms with van der Waals surface area (Å²) in [5, 5.41) is 4.08. The van der Waals surface area contributed by atoms with E-state index in [9.17, 15) is 9.59 Å². The highest BCUT2D eigenvalue weighted by Gasteiger charge is 2.24. The third-order valence-electron chi connectivity index (χ3n) is 4.48. The Morgan fingerprint density at radius 3 is 2.83 bits per heavy atom. The molecule has 0 saturated carbocycles. The van der Waals surface area contributed by atoms with Crippen molar-refractivity contribution in [3.8, 4) is 0 Å². The number of thiophene rings is 1. The van der Waals surface area contributed by atoms with Crippen LogP contribution in [0.15, 0.2) is 22.5 Å². The van der Waals surface area contributed by atoms with Crippen molar-refractivity contribution in [1.29, 1.82) is 0 Å². The number of esters is 1. The minimum Gasteiger partial charge on any atom is -0.465 e. The Labute approximate surface area is 181 Å². The molecule has 0 fully saturated rings. The SMILES string of the molecule is C=C(/C=N\NCC)c1cc2nc(C(CC)N(CCC)CC(=O)OCC)[nH]c(=O)c2s1. The molecule has 2 aromatic rings. The zero-order valence-corrected chi connectivity index (χ0v) is 19.0. The number of fused-ring (bicyclic) bond motifs is 1. The van der Waals surface area contributed by atoms with Crippen LogP contribution in [0.3, 0.4) is 0 Å². The maximum atomic E-state index is 12.8. The van der Waals surface area contributed by atoms with E-state index in [1.54, 1.807) is 13.1 Å². The van der Waals surface area contributed by atoms with Gasteiger partial charge in [-0.1, -0.05) is 20.4 Å². The predicted molar refractivity (Wildman–Crippen MR) is 123 cm³/mol. The summed E-state index contributed by atoms with van der Waals surface area (Å²) in [6.07, 6.45) is 3.21. The Hall–Kier alpha value is -2.52. The van der Waals surface area contributed by atoms with Crippen LogP contribution in [-0.4, -0.2) is 53.3 Å². The Kier molecular flexibility index (Phi) is 9.19. The van der Waals surface area contributed by atoms with Crippen LogP contribution >= 0.6 is 11.3 Å². The van der Waals surface area contributed by atoms with Crippen molar-refractivity contribution < 1.29 is 9.53 Å². The minimum absolute atomic E-state index is 0.161. The van der Waals surface area contributed by atoms with Crippen LogP contribution < -0.4 is 11.0 Å². The molecule has 0 bridgehead atoms. The fourth-order valence-electron chi connectivity index (χ4n) is 3.18. The number of ether oxygens (including phenoxy) is 1. The van der Waals surface area contributed by atoms with Gasteiger partial charge < -0.3 is 15.1 Å². The van der Waals surface area contributed by atoms with Crippen molar-refractivity contribution in [2.75, 3.05) is 26.2 Å². The molecule has 0 amide bonds. The zero-order valence-electron chi connectivity index (χ0n) is 18.2. The first kappa shape index (κ1) is 23.8. The number of allylic oxidation sites excluding steroid dienone is 1. The molecule has 8 nitrogen and oxygen atoms in total. The van der Waals surface area contributed by atoms with Gasteiger partial charge in [-0.2, -0.15) is 5.10 Å². The Morgan fingerprint density at radius 2 is 2.20 bits per heavy atom. The summed E-state index contributed by atoms with van der Waals surface area (Å²) in [7, 11) is 0. The number of rotatable bonds is 12. The van der Waals surface area contributed by atoms with E-state index in [0.717, 1.165) is 17.8 Å². The number of H-pyrrole nitrogens is 1. The second kappa shape index (κ2) is 11.6. The first-order chi connectivity index (χ1) is 14.4. The molecule has 2 aromatic heterocycles. The molecule has 164 valence electrons. The van der Waals surface area contributed by atoms with Gasteiger partial charge in [-0.05, 0) is 39.3 Å². The maximum absolute atomic E-state index is 12.8. The van der Waals surface area contributed by atoms with Crippen LogP contribution in [0.4, 0.5) is 0 Å². The number of aromatic amines is 1. The van der Waals surface area contributed by atoms with E-state index < -0.39 is 0 Å². The van der Waals surface area contributed by atoms with Crippen LogP contribution in [-0.2, 0) is 9.53 Å². The average Bonchev–Trinajstić information content (AvgIpc) is 3.14. The molecule has 2 rings (SSSR count). The largest absolute Gasteiger partial charge is 0.465 e. The van der Waals surface area contributed by atoms with Gasteiger partial charge in [-0.25, -0.2) is 4.98 Å². The predicted octanol–water partition coefficient (Wildman–Crippen LogP) is 3.32. The van der Waals surface area contributed by atoms with Crippen molar-refractivity contribution >= 4 is 39.3 Å². The second-order valence-electron chi connectivity index (χ2n) is 6.77. The monoisotopic (exact) mass is 433 g/mol. The highest BCUT2D eigenvalue weighted by molar-refractivity contribution is 7.20. The molecule has 0 aliphatic rings. The van der Waals surface area contributed by atoms with Gasteiger partial charge in [0.1, 0.15) is 10.5 Å². The quantitative estimate of drug-likeness (QED) is 0.303. The normalized spacial score (nSPS) is 12.6. The molecule has 30 heavy (non-hydrogen) atoms. The molecule has 9 heteroatoms. The van der Waals surface area contributed by atoms with Crippen molar-refractivity contribution in [3.05, 3.63) is 33.7 Å². The molecule has 0 radical (unpaired) electrons. The van der Waals surface area contributed by atoms with Crippen LogP contribution in [0.1, 0.15) is 57.3 Å². The maximum Gasteiger partial charge on any atom is 0.320 e. The van der Waals surface area contributed by atoms with Gasteiger partial charge in [0, 0.05) is 17.0 Å². The molecule has 2 N–H and O–H groups in total. The summed E-state index contributed by atoms with van der Waals surface area (Å²) < 4.78 is 5.66. The van der Waals surface area contributed by atoms with E-state index in [1.807, 2.05) is 24.8 Å². The Balaban J connectivity index is 2.37. The van der Waals surface area contributed by atoms with Crippen LogP contribution in [0.25, 0.3) is 15.8 Å². The van der Waals surface area contributed by atoms with Gasteiger partial charge in [-0.3, -0.25) is 14.5 Å². The third kappa shape index (κ3) is 5.99. The number of hydrogen-bond acceptors (Lipinski definition) is 8. The molecule has 1 atom stereocenters. The first-order valence-electron chi connectivity index (χ1n) is 10.3. The highest BCUT2D eigenvalue weighted by atomic mass is 32.1. The zero-order chi connectivity index (χ0) is 22.1. The average molecular weight is 434 g/mol. The third-order valence-corrected chi connectivity index (χ3v) is 5.68. The van der Waals surface area contributed by atoms with Crippen molar-refractivity contribution in [3.63, 3.8) is 0 Å². The molecular weight excluding hydrogens is 402 g/mol. The Bertz CT molecular complexity index is 950. The number of carbonyl (C=O) groups is 1. The summed E-state index contributed by atoms with van der Waals surface area (Å²) >= 11 is 1.34. The van der Waals surface area contributed by atoms with Crippen molar-refractivity contribution in [1.82, 2.24) is 20.3 Å². The lowest BCUT2D eigenvalue weighted by molar-refractivity contribution is -0.145. The van der Waals surface area contributed by atoms with Gasteiger partial charge in [-0.15, -0.1) is 11.3 Å². The first-order valence-corrected chi connectivity index (χ1v) is 11.1. The van der Waals surface area contributed by atoms with E-state index in [4.69, 9.17) is 9.72 Å². The van der Waals surface area contributed by atoms with E-state index >= 15 is 0 Å². The topological polar surface area (TPSA) is 99.7 Å². The van der Waals surface area contributed by atoms with Crippen LogP contribution in [0.2, 0.25) is 0 Å². The lowest BCUT2D eigenvalue weighted by atomic mass is 10.1. The van der Waals surface area contributed by atoms with E-state index in [2.05, 4.69) is 29.0 Å². The summed E-state index contributed by atoms with van der Waals surface area (Å²) in [6.45, 7) is 13.8. The van der Waals surface area contributed by atoms with Gasteiger partial charge in [0.2, 0.25) is 0 Å². The number of nitrogens with zero attached hydrogens (tertiary/aromatic N) is 3. The molecule has 1 unspecified atom stereocenters. The van der Waals surface area contributed by atoms with E-state index in [1.165, 1.54) is 11.3 Å². The fraction of sp³-hybridized carbons (Fsp3) is 0.524. The molecule has 0 aliphatic carbocycles. The number of hydrazone groups is 1. The molecular formula is C21H31N5O3S. The molecule has 0 saturated heterocycles. The minimum atomic E-state index is -0.276. The van der Waals surface area contributed by atoms with Crippen LogP contribution in [0, 0.1) is 0 Å². The second-order valence-corrected chi connectivity index (χ2v) is 7.82. The highest BCUT2D eigenvalue weighted by Crippen LogP contribution is 2.28. The Morgan fingerprint density at radius 1 is 1.43 bits per heavy atom. The molecule has 2 heterocycles. The summed E-state index contributed by atoms with van der Waals surface area (Å²) in [6, 6.07) is 1.68. The van der Waals surface area contributed by atoms with Gasteiger partial charge >= 0.3 is 5.97 Å². The molecule has 0 spiro atoms. The lowest BCUT2D eigenvalue weighted by Crippen LogP contribution is -2.36. The van der Waals surface area contributed by atoms with E-state index in [-0.39, 0.29) is 24.1 Å². The number of nitrogens with one attached hydrogen (secondary N) is 2. The molecule has 0 aliphatic heterocycles. The smallest absolute Gasteiger partial charge is 0.320 e. The lowest BCUT2D eigenvalue weighted by Gasteiger charge is -2.29. The van der Waals surface area contributed by atoms with Gasteiger partial charge in [0.25, 0.3) is 5.56 Å². The fourth-order valence-corrected chi connectivity index (χ4v) is 4.11. The van der Waals surface area contributed by atoms with Crippen molar-refractivity contribution in [2.45, 2.75) is 46.6 Å². The van der Waals surface area contributed by atoms with Crippen molar-refractivity contribution in [2.24, 2.45) is 5.10 Å². The summed E-state index contributed by atoms with van der Waals surface area (Å²) in [5.41, 5.74) is 4.01. The number of aromatic nitrogens is 2. The standard InChI is InChI=1S/C21H31N5O3S/c1-6-10-26(13-18(27)29-9-4)16(7-2)20-24-15-11-17(14(5)12-23-22-8-3)30-19(15)21(28)25-20/h11-12,16,22H,5-10,13H2,1-4H3,(H,24,25,28)/b23-12-. The van der Waals surface area contributed by atoms with Gasteiger partial charge in [0.05, 0.1) is 30.9 Å². The number of hydrogen-bond donors (Lipinski definition) is 2.